The van der Waals surface area contributed by atoms with E-state index in [1.54, 1.807) is 18.3 Å². The van der Waals surface area contributed by atoms with Gasteiger partial charge in [0.05, 0.1) is 23.1 Å². The highest BCUT2D eigenvalue weighted by Gasteiger charge is 2.12. The van der Waals surface area contributed by atoms with E-state index in [4.69, 9.17) is 11.0 Å². The molecular formula is C14H14FN5. The number of nitriles is 1. The lowest BCUT2D eigenvalue weighted by Gasteiger charge is -2.14. The first-order valence-corrected chi connectivity index (χ1v) is 6.10. The summed E-state index contributed by atoms with van der Waals surface area (Å²) < 4.78 is 13.7. The van der Waals surface area contributed by atoms with E-state index in [-0.39, 0.29) is 17.6 Å². The molecule has 0 aliphatic rings. The summed E-state index contributed by atoms with van der Waals surface area (Å²) >= 11 is 0. The van der Waals surface area contributed by atoms with Gasteiger partial charge in [-0.25, -0.2) is 14.4 Å². The third-order valence-corrected chi connectivity index (χ3v) is 2.61. The largest absolute Gasteiger partial charge is 0.380 e. The van der Waals surface area contributed by atoms with E-state index in [1.807, 2.05) is 13.8 Å². The summed E-state index contributed by atoms with van der Waals surface area (Å²) in [5, 5.41) is 11.9. The van der Waals surface area contributed by atoms with Crippen LogP contribution in [0.3, 0.4) is 0 Å². The van der Waals surface area contributed by atoms with Gasteiger partial charge in [0.25, 0.3) is 0 Å². The summed E-state index contributed by atoms with van der Waals surface area (Å²) in [5.41, 5.74) is 7.30. The molecule has 0 radical (unpaired) electrons. The quantitative estimate of drug-likeness (QED) is 0.895. The second-order valence-electron chi connectivity index (χ2n) is 4.60. The molecule has 0 aliphatic heterocycles. The summed E-state index contributed by atoms with van der Waals surface area (Å²) in [6.45, 7) is 3.94. The molecule has 0 saturated carbocycles. The van der Waals surface area contributed by atoms with E-state index in [0.717, 1.165) is 0 Å². The van der Waals surface area contributed by atoms with Crippen molar-refractivity contribution in [2.24, 2.45) is 0 Å². The first-order valence-electron chi connectivity index (χ1n) is 6.10. The summed E-state index contributed by atoms with van der Waals surface area (Å²) in [4.78, 5) is 8.08. The number of hydrogen-bond acceptors (Lipinski definition) is 5. The Balaban J connectivity index is 2.53. The molecular weight excluding hydrogens is 257 g/mol. The maximum atomic E-state index is 13.7. The third kappa shape index (κ3) is 2.83. The van der Waals surface area contributed by atoms with Crippen molar-refractivity contribution in [3.63, 3.8) is 0 Å². The summed E-state index contributed by atoms with van der Waals surface area (Å²) in [5.74, 6) is -0.475. The normalized spacial score (nSPS) is 10.3. The van der Waals surface area contributed by atoms with E-state index < -0.39 is 5.82 Å². The molecule has 1 heterocycles. The minimum absolute atomic E-state index is 0.00542. The number of benzene rings is 1. The molecule has 6 heteroatoms. The van der Waals surface area contributed by atoms with Crippen molar-refractivity contribution in [1.29, 1.82) is 5.26 Å². The van der Waals surface area contributed by atoms with Gasteiger partial charge < -0.3 is 11.1 Å². The molecule has 102 valence electrons. The molecule has 0 bridgehead atoms. The number of aromatic nitrogens is 2. The Morgan fingerprint density at radius 3 is 2.75 bits per heavy atom. The molecule has 0 spiro atoms. The second-order valence-corrected chi connectivity index (χ2v) is 4.60. The molecule has 2 rings (SSSR count). The van der Waals surface area contributed by atoms with E-state index >= 15 is 0 Å². The average Bonchev–Trinajstić information content (AvgIpc) is 2.40. The van der Waals surface area contributed by atoms with Crippen LogP contribution < -0.4 is 11.1 Å². The number of nitrogens with zero attached hydrogens (tertiary/aromatic N) is 3. The van der Waals surface area contributed by atoms with Crippen LogP contribution >= 0.6 is 0 Å². The molecule has 1 aromatic heterocycles. The van der Waals surface area contributed by atoms with Crippen LogP contribution in [-0.4, -0.2) is 16.0 Å². The highest BCUT2D eigenvalue weighted by molar-refractivity contribution is 5.75. The van der Waals surface area contributed by atoms with Gasteiger partial charge in [0.1, 0.15) is 11.9 Å². The lowest BCUT2D eigenvalue weighted by Crippen LogP contribution is -2.12. The minimum atomic E-state index is -0.585. The number of nitrogens with two attached hydrogens (primary N) is 1. The Bertz CT molecular complexity index is 676. The minimum Gasteiger partial charge on any atom is -0.380 e. The molecule has 5 nitrogen and oxygen atoms in total. The van der Waals surface area contributed by atoms with Crippen molar-refractivity contribution >= 4 is 11.6 Å². The second kappa shape index (κ2) is 5.53. The Morgan fingerprint density at radius 2 is 2.15 bits per heavy atom. The SMILES string of the molecule is CC(C)Nc1cnc(N)nc1-c1ccc(C#N)c(F)c1. The van der Waals surface area contributed by atoms with Gasteiger partial charge >= 0.3 is 0 Å². The molecule has 0 saturated heterocycles. The number of halogens is 1. The first kappa shape index (κ1) is 13.7. The zero-order valence-corrected chi connectivity index (χ0v) is 11.2. The first-order chi connectivity index (χ1) is 9.51. The van der Waals surface area contributed by atoms with Crippen LogP contribution in [0.1, 0.15) is 19.4 Å². The van der Waals surface area contributed by atoms with E-state index in [2.05, 4.69) is 15.3 Å². The maximum Gasteiger partial charge on any atom is 0.220 e. The van der Waals surface area contributed by atoms with Crippen molar-refractivity contribution in [3.8, 4) is 17.3 Å². The predicted octanol–water partition coefficient (Wildman–Crippen LogP) is 2.56. The lowest BCUT2D eigenvalue weighted by molar-refractivity contribution is 0.624. The number of nitrogen functional groups attached to an aromatic ring is 1. The van der Waals surface area contributed by atoms with Gasteiger partial charge in [-0.15, -0.1) is 0 Å². The standard InChI is InChI=1S/C14H14FN5/c1-8(2)19-12-7-18-14(17)20-13(12)9-3-4-10(6-16)11(15)5-9/h3-5,7-8,19H,1-2H3,(H2,17,18,20). The van der Waals surface area contributed by atoms with Gasteiger partial charge in [-0.3, -0.25) is 0 Å². The fourth-order valence-corrected chi connectivity index (χ4v) is 1.79. The maximum absolute atomic E-state index is 13.7. The highest BCUT2D eigenvalue weighted by Crippen LogP contribution is 2.27. The molecule has 2 aromatic rings. The fourth-order valence-electron chi connectivity index (χ4n) is 1.79. The van der Waals surface area contributed by atoms with E-state index in [9.17, 15) is 4.39 Å². The highest BCUT2D eigenvalue weighted by atomic mass is 19.1. The van der Waals surface area contributed by atoms with E-state index in [0.29, 0.717) is 16.9 Å². The van der Waals surface area contributed by atoms with Crippen LogP contribution in [0.4, 0.5) is 16.0 Å². The van der Waals surface area contributed by atoms with Gasteiger partial charge in [-0.2, -0.15) is 5.26 Å². The Morgan fingerprint density at radius 1 is 1.40 bits per heavy atom. The summed E-state index contributed by atoms with van der Waals surface area (Å²) in [7, 11) is 0. The molecule has 3 N–H and O–H groups in total. The third-order valence-electron chi connectivity index (χ3n) is 2.61. The van der Waals surface area contributed by atoms with Gasteiger partial charge in [0, 0.05) is 11.6 Å². The van der Waals surface area contributed by atoms with Gasteiger partial charge in [0.15, 0.2) is 0 Å². The zero-order valence-electron chi connectivity index (χ0n) is 11.2. The van der Waals surface area contributed by atoms with Gasteiger partial charge in [-0.1, -0.05) is 6.07 Å². The van der Waals surface area contributed by atoms with Crippen molar-refractivity contribution in [2.75, 3.05) is 11.1 Å². The summed E-state index contributed by atoms with van der Waals surface area (Å²) in [6, 6.07) is 6.28. The van der Waals surface area contributed by atoms with Crippen LogP contribution in [-0.2, 0) is 0 Å². The van der Waals surface area contributed by atoms with Crippen molar-refractivity contribution in [3.05, 3.63) is 35.8 Å². The molecule has 20 heavy (non-hydrogen) atoms. The molecule has 0 fully saturated rings. The van der Waals surface area contributed by atoms with Gasteiger partial charge in [-0.05, 0) is 26.0 Å². The van der Waals surface area contributed by atoms with Crippen molar-refractivity contribution in [1.82, 2.24) is 9.97 Å². The number of anilines is 2. The van der Waals surface area contributed by atoms with Crippen LogP contribution in [0.5, 0.6) is 0 Å². The van der Waals surface area contributed by atoms with Crippen LogP contribution in [0.2, 0.25) is 0 Å². The molecule has 0 amide bonds. The van der Waals surface area contributed by atoms with Gasteiger partial charge in [0.2, 0.25) is 5.95 Å². The van der Waals surface area contributed by atoms with Crippen molar-refractivity contribution in [2.45, 2.75) is 19.9 Å². The zero-order chi connectivity index (χ0) is 14.7. The molecule has 1 aromatic carbocycles. The number of nitrogens with one attached hydrogen (secondary N) is 1. The molecule has 0 unspecified atom stereocenters. The fraction of sp³-hybridized carbons (Fsp3) is 0.214. The average molecular weight is 271 g/mol. The lowest BCUT2D eigenvalue weighted by atomic mass is 10.1. The van der Waals surface area contributed by atoms with Crippen LogP contribution in [0, 0.1) is 17.1 Å². The summed E-state index contributed by atoms with van der Waals surface area (Å²) in [6.07, 6.45) is 1.56. The topological polar surface area (TPSA) is 87.6 Å². The number of hydrogen-bond donors (Lipinski definition) is 2. The Labute approximate surface area is 116 Å². The van der Waals surface area contributed by atoms with Crippen LogP contribution in [0.15, 0.2) is 24.4 Å². The predicted molar refractivity (Wildman–Crippen MR) is 75.3 cm³/mol. The smallest absolute Gasteiger partial charge is 0.220 e. The van der Waals surface area contributed by atoms with Crippen molar-refractivity contribution < 1.29 is 4.39 Å². The Kier molecular flexibility index (Phi) is 3.80. The molecule has 0 atom stereocenters. The molecule has 0 aliphatic carbocycles. The number of rotatable bonds is 3. The van der Waals surface area contributed by atoms with Crippen LogP contribution in [0.25, 0.3) is 11.3 Å². The Hall–Kier alpha value is -2.68. The monoisotopic (exact) mass is 271 g/mol. The van der Waals surface area contributed by atoms with E-state index in [1.165, 1.54) is 12.1 Å².